The molecule has 5 aliphatic heterocycles. The van der Waals surface area contributed by atoms with Crippen molar-refractivity contribution in [1.82, 2.24) is 0 Å². The molecule has 15 rings (SSSR count). The molecule has 0 aromatic heterocycles. The van der Waals surface area contributed by atoms with Gasteiger partial charge in [-0.1, -0.05) is 144 Å². The highest BCUT2D eigenvalue weighted by Crippen LogP contribution is 2.52. The van der Waals surface area contributed by atoms with E-state index in [1.807, 2.05) is 0 Å². The summed E-state index contributed by atoms with van der Waals surface area (Å²) in [6.45, 7) is 10.7. The average molecular weight is 793 g/mol. The Balaban J connectivity index is 1.24. The molecular formula is C58H42B2O2. The zero-order chi connectivity index (χ0) is 40.9. The van der Waals surface area contributed by atoms with Gasteiger partial charge in [0.05, 0.1) is 13.2 Å². The molecule has 0 unspecified atom stereocenters. The highest BCUT2D eigenvalue weighted by molar-refractivity contribution is 7.17. The smallest absolute Gasteiger partial charge is 0.243 e. The lowest BCUT2D eigenvalue weighted by molar-refractivity contribution is 0.312. The third kappa shape index (κ3) is 3.78. The normalized spacial score (nSPS) is 13.8. The van der Waals surface area contributed by atoms with Crippen LogP contribution in [0.15, 0.2) is 109 Å². The molecule has 0 spiro atoms. The Morgan fingerprint density at radius 2 is 0.710 bits per heavy atom. The maximum atomic E-state index is 6.82. The molecule has 5 aliphatic rings. The molecule has 4 heteroatoms. The van der Waals surface area contributed by atoms with Crippen molar-refractivity contribution in [2.75, 3.05) is 13.2 Å². The van der Waals surface area contributed by atoms with E-state index in [2.05, 4.69) is 137 Å². The van der Waals surface area contributed by atoms with E-state index in [9.17, 15) is 0 Å². The Morgan fingerprint density at radius 1 is 0.371 bits per heavy atom. The fraction of sp³-hybridized carbons (Fsp3) is 0.172. The number of fused-ring (bicyclic) bond motifs is 10. The Kier molecular flexibility index (Phi) is 6.43. The Hall–Kier alpha value is -6.51. The Bertz CT molecular complexity index is 3580. The zero-order valence-corrected chi connectivity index (χ0v) is 35.6. The molecule has 0 atom stereocenters. The maximum absolute atomic E-state index is 6.82. The molecule has 10 aromatic rings. The minimum absolute atomic E-state index is 0.0460. The summed E-state index contributed by atoms with van der Waals surface area (Å²) in [6.07, 6.45) is 4.24. The van der Waals surface area contributed by atoms with Gasteiger partial charge in [-0.25, -0.2) is 0 Å². The second-order valence-electron chi connectivity index (χ2n) is 18.9. The monoisotopic (exact) mass is 792 g/mol. The van der Waals surface area contributed by atoms with E-state index in [0.717, 1.165) is 37.2 Å². The van der Waals surface area contributed by atoms with Crippen LogP contribution in [0.4, 0.5) is 0 Å². The quantitative estimate of drug-likeness (QED) is 0.0867. The third-order valence-electron chi connectivity index (χ3n) is 15.9. The minimum Gasteiger partial charge on any atom is -0.493 e. The fourth-order valence-corrected chi connectivity index (χ4v) is 13.5. The number of benzene rings is 10. The number of hydrogen-bond acceptors (Lipinski definition) is 2. The van der Waals surface area contributed by atoms with Crippen LogP contribution >= 0.6 is 0 Å². The Morgan fingerprint density at radius 3 is 1.08 bits per heavy atom. The van der Waals surface area contributed by atoms with Crippen molar-refractivity contribution >= 4 is 111 Å². The molecule has 0 bridgehead atoms. The molecule has 0 fully saturated rings. The minimum atomic E-state index is 0.0460. The van der Waals surface area contributed by atoms with E-state index in [4.69, 9.17) is 9.47 Å². The van der Waals surface area contributed by atoms with Crippen molar-refractivity contribution in [1.29, 1.82) is 0 Å². The molecule has 62 heavy (non-hydrogen) atoms. The van der Waals surface area contributed by atoms with Gasteiger partial charge in [-0.05, 0) is 160 Å². The predicted molar refractivity (Wildman–Crippen MR) is 266 cm³/mol. The first kappa shape index (κ1) is 34.1. The van der Waals surface area contributed by atoms with Gasteiger partial charge < -0.3 is 9.47 Å². The number of aryl methyl sites for hydroxylation is 2. The lowest BCUT2D eigenvalue weighted by atomic mass is 9.16. The maximum Gasteiger partial charge on any atom is 0.243 e. The fourth-order valence-electron chi connectivity index (χ4n) is 13.5. The van der Waals surface area contributed by atoms with Gasteiger partial charge in [0, 0.05) is 10.8 Å². The summed E-state index contributed by atoms with van der Waals surface area (Å²) in [7, 11) is 0. The van der Waals surface area contributed by atoms with Crippen molar-refractivity contribution < 1.29 is 9.47 Å². The standard InChI is InChI=1S/C58H42B2O2/c1-5-7-25-61-43-23-21-37-47-33-15-11-9-13-31(33)45-35-19-17-29(3)39-27-40-30(4)18-20-36-46-32-14-10-12-16-34(32)48-38-22-24-44(62-26-8-6-2)42-28-41(43)51(37)54(52(38)42)60-57(47)55(45)59(56(46)58(48)60)53(49(35)39)50(36)40/h9-24,27-28H,5-8,25-26H2,1-4H3. The van der Waals surface area contributed by atoms with Crippen LogP contribution in [-0.2, 0) is 0 Å². The van der Waals surface area contributed by atoms with Crippen LogP contribution in [-0.4, -0.2) is 26.6 Å². The van der Waals surface area contributed by atoms with Crippen molar-refractivity contribution in [2.24, 2.45) is 0 Å². The second-order valence-corrected chi connectivity index (χ2v) is 18.9. The third-order valence-corrected chi connectivity index (χ3v) is 15.9. The van der Waals surface area contributed by atoms with E-state index < -0.39 is 0 Å². The Labute approximate surface area is 361 Å². The van der Waals surface area contributed by atoms with Crippen LogP contribution < -0.4 is 42.3 Å². The lowest BCUT2D eigenvalue weighted by Crippen LogP contribution is -2.79. The van der Waals surface area contributed by atoms with Crippen LogP contribution in [0.1, 0.15) is 50.7 Å². The average Bonchev–Trinajstić information content (AvgIpc) is 3.30. The molecular weight excluding hydrogens is 750 g/mol. The summed E-state index contributed by atoms with van der Waals surface area (Å²) in [6, 6.07) is 42.9. The van der Waals surface area contributed by atoms with Crippen molar-refractivity contribution in [3.05, 3.63) is 120 Å². The van der Waals surface area contributed by atoms with Gasteiger partial charge in [0.15, 0.2) is 0 Å². The number of hydrogen-bond donors (Lipinski definition) is 0. The summed E-state index contributed by atoms with van der Waals surface area (Å²) >= 11 is 0. The largest absolute Gasteiger partial charge is 0.493 e. The first-order valence-electron chi connectivity index (χ1n) is 23.1. The van der Waals surface area contributed by atoms with Crippen LogP contribution in [0.5, 0.6) is 11.5 Å². The van der Waals surface area contributed by atoms with Gasteiger partial charge in [-0.2, -0.15) is 0 Å². The molecule has 0 radical (unpaired) electrons. The molecule has 0 saturated carbocycles. The van der Waals surface area contributed by atoms with Crippen molar-refractivity contribution in [2.45, 2.75) is 53.4 Å². The number of ether oxygens (including phenoxy) is 2. The molecule has 5 heterocycles. The van der Waals surface area contributed by atoms with Crippen LogP contribution in [0.25, 0.3) is 109 Å². The van der Waals surface area contributed by atoms with Gasteiger partial charge in [0.25, 0.3) is 0 Å². The summed E-state index contributed by atoms with van der Waals surface area (Å²) in [4.78, 5) is 0. The zero-order valence-electron chi connectivity index (χ0n) is 35.6. The topological polar surface area (TPSA) is 18.5 Å². The molecule has 292 valence electrons. The van der Waals surface area contributed by atoms with Crippen LogP contribution in [0, 0.1) is 13.8 Å². The highest BCUT2D eigenvalue weighted by atomic mass is 16.5. The van der Waals surface area contributed by atoms with Crippen LogP contribution in [0.3, 0.4) is 0 Å². The summed E-state index contributed by atoms with van der Waals surface area (Å²) in [5, 5.41) is 16.3. The molecule has 2 nitrogen and oxygen atoms in total. The molecule has 0 aliphatic carbocycles. The van der Waals surface area contributed by atoms with Gasteiger partial charge in [0.2, 0.25) is 13.4 Å². The van der Waals surface area contributed by atoms with Crippen molar-refractivity contribution in [3.63, 3.8) is 0 Å². The summed E-state index contributed by atoms with van der Waals surface area (Å²) in [5.41, 5.74) is 23.0. The van der Waals surface area contributed by atoms with Crippen LogP contribution in [0.2, 0.25) is 0 Å². The summed E-state index contributed by atoms with van der Waals surface area (Å²) < 4.78 is 13.6. The van der Waals surface area contributed by atoms with E-state index in [0.29, 0.717) is 13.2 Å². The molecule has 0 saturated heterocycles. The lowest BCUT2D eigenvalue weighted by Gasteiger charge is -2.47. The number of unbranched alkanes of at least 4 members (excludes halogenated alkanes) is 2. The van der Waals surface area contributed by atoms with E-state index in [-0.39, 0.29) is 13.4 Å². The highest BCUT2D eigenvalue weighted by Gasteiger charge is 2.54. The van der Waals surface area contributed by atoms with Crippen molar-refractivity contribution in [3.8, 4) is 56.0 Å². The van der Waals surface area contributed by atoms with Gasteiger partial charge in [-0.3, -0.25) is 0 Å². The molecule has 10 aromatic carbocycles. The SMILES string of the molecule is CCCCOc1ccc2c3c4c5c(ccc(OCCCC)c5cc13)-c1c3c5c(c6ccccc16)-c1ccc(C)c6cc7c(C)ccc8c7c(c16)B5c1c(c-2c2ccccc2c1-8)B34. The first-order valence-corrected chi connectivity index (χ1v) is 23.1. The van der Waals surface area contributed by atoms with E-state index >= 15 is 0 Å². The van der Waals surface area contributed by atoms with E-state index in [1.165, 1.54) is 153 Å². The molecule has 0 N–H and O–H groups in total. The van der Waals surface area contributed by atoms with Gasteiger partial charge in [0.1, 0.15) is 11.5 Å². The van der Waals surface area contributed by atoms with Gasteiger partial charge in [-0.15, -0.1) is 0 Å². The molecule has 0 amide bonds. The predicted octanol–water partition coefficient (Wildman–Crippen LogP) is 10.8. The van der Waals surface area contributed by atoms with E-state index in [1.54, 1.807) is 0 Å². The first-order chi connectivity index (χ1) is 30.6. The van der Waals surface area contributed by atoms with Gasteiger partial charge >= 0.3 is 0 Å². The summed E-state index contributed by atoms with van der Waals surface area (Å²) in [5.74, 6) is 1.96. The second kappa shape index (κ2) is 11.7. The number of rotatable bonds is 8.